The second-order valence-electron chi connectivity index (χ2n) is 7.30. The van der Waals surface area contributed by atoms with Gasteiger partial charge in [-0.05, 0) is 49.1 Å². The summed E-state index contributed by atoms with van der Waals surface area (Å²) in [5, 5.41) is 3.37. The number of benzene rings is 2. The fraction of sp³-hybridized carbons (Fsp3) is 0.381. The minimum Gasteiger partial charge on any atom is -0.349 e. The number of rotatable bonds is 6. The summed E-state index contributed by atoms with van der Waals surface area (Å²) in [6.07, 6.45) is 0.924. The highest BCUT2D eigenvalue weighted by atomic mass is 35.5. The van der Waals surface area contributed by atoms with E-state index in [2.05, 4.69) is 5.32 Å². The minimum atomic E-state index is -3.50. The normalized spacial score (nSPS) is 17.1. The van der Waals surface area contributed by atoms with Crippen molar-refractivity contribution < 1.29 is 17.6 Å². The van der Waals surface area contributed by atoms with Crippen molar-refractivity contribution in [2.24, 2.45) is 5.92 Å². The molecule has 0 aliphatic carbocycles. The lowest BCUT2D eigenvalue weighted by molar-refractivity contribution is -0.126. The molecule has 0 bridgehead atoms. The van der Waals surface area contributed by atoms with Crippen LogP contribution in [-0.4, -0.2) is 31.7 Å². The van der Waals surface area contributed by atoms with Crippen molar-refractivity contribution in [3.05, 3.63) is 70.5 Å². The molecular weight excluding hydrogens is 415 g/mol. The Morgan fingerprint density at radius 2 is 1.79 bits per heavy atom. The van der Waals surface area contributed by atoms with Gasteiger partial charge >= 0.3 is 0 Å². The molecule has 156 valence electrons. The van der Waals surface area contributed by atoms with Crippen molar-refractivity contribution in [2.45, 2.75) is 31.6 Å². The number of hydrogen-bond acceptors (Lipinski definition) is 3. The Morgan fingerprint density at radius 1 is 1.17 bits per heavy atom. The van der Waals surface area contributed by atoms with Gasteiger partial charge in [0.2, 0.25) is 15.9 Å². The first-order valence-corrected chi connectivity index (χ1v) is 11.5. The molecule has 0 radical (unpaired) electrons. The highest BCUT2D eigenvalue weighted by molar-refractivity contribution is 7.88. The summed E-state index contributed by atoms with van der Waals surface area (Å²) in [4.78, 5) is 12.6. The van der Waals surface area contributed by atoms with E-state index in [1.54, 1.807) is 36.4 Å². The van der Waals surface area contributed by atoms with Crippen LogP contribution < -0.4 is 5.32 Å². The number of hydrogen-bond donors (Lipinski definition) is 1. The summed E-state index contributed by atoms with van der Waals surface area (Å²) < 4.78 is 39.9. The zero-order valence-electron chi connectivity index (χ0n) is 16.1. The van der Waals surface area contributed by atoms with Crippen LogP contribution in [0.4, 0.5) is 4.39 Å². The molecule has 2 aromatic rings. The molecule has 1 saturated heterocycles. The summed E-state index contributed by atoms with van der Waals surface area (Å²) in [6.45, 7) is 2.44. The van der Waals surface area contributed by atoms with Gasteiger partial charge in [-0.25, -0.2) is 17.1 Å². The van der Waals surface area contributed by atoms with Gasteiger partial charge in [-0.3, -0.25) is 4.79 Å². The molecule has 8 heteroatoms. The second-order valence-corrected chi connectivity index (χ2v) is 9.68. The maximum Gasteiger partial charge on any atom is 0.223 e. The minimum absolute atomic E-state index is 0.107. The first-order chi connectivity index (χ1) is 13.8. The van der Waals surface area contributed by atoms with Gasteiger partial charge in [-0.2, -0.15) is 0 Å². The number of nitrogens with zero attached hydrogens (tertiary/aromatic N) is 1. The quantitative estimate of drug-likeness (QED) is 0.743. The lowest BCUT2D eigenvalue weighted by atomic mass is 9.96. The molecule has 29 heavy (non-hydrogen) atoms. The van der Waals surface area contributed by atoms with E-state index in [4.69, 9.17) is 11.6 Å². The van der Waals surface area contributed by atoms with Gasteiger partial charge in [0, 0.05) is 24.0 Å². The van der Waals surface area contributed by atoms with E-state index in [-0.39, 0.29) is 29.4 Å². The highest BCUT2D eigenvalue weighted by Crippen LogP contribution is 2.25. The van der Waals surface area contributed by atoms with E-state index >= 15 is 0 Å². The van der Waals surface area contributed by atoms with E-state index in [0.717, 1.165) is 5.56 Å². The monoisotopic (exact) mass is 438 g/mol. The number of nitrogens with one attached hydrogen (secondary N) is 1. The van der Waals surface area contributed by atoms with Crippen LogP contribution in [0.1, 0.15) is 36.9 Å². The van der Waals surface area contributed by atoms with Crippen LogP contribution in [0.5, 0.6) is 0 Å². The summed E-state index contributed by atoms with van der Waals surface area (Å²) in [5.41, 5.74) is 1.39. The zero-order chi connectivity index (χ0) is 21.0. The van der Waals surface area contributed by atoms with Crippen LogP contribution in [-0.2, 0) is 20.6 Å². The van der Waals surface area contributed by atoms with E-state index in [0.29, 0.717) is 36.5 Å². The van der Waals surface area contributed by atoms with Crippen molar-refractivity contribution in [3.8, 4) is 0 Å². The van der Waals surface area contributed by atoms with Crippen LogP contribution in [0.3, 0.4) is 0 Å². The molecule has 1 aliphatic rings. The molecule has 0 spiro atoms. The van der Waals surface area contributed by atoms with E-state index in [1.165, 1.54) is 16.4 Å². The molecule has 1 atom stereocenters. The average molecular weight is 439 g/mol. The topological polar surface area (TPSA) is 66.5 Å². The van der Waals surface area contributed by atoms with Crippen molar-refractivity contribution in [1.29, 1.82) is 0 Å². The fourth-order valence-corrected chi connectivity index (χ4v) is 5.34. The molecular formula is C21H24ClFN2O3S. The Hall–Kier alpha value is -1.96. The van der Waals surface area contributed by atoms with Crippen LogP contribution in [0.2, 0.25) is 5.02 Å². The largest absolute Gasteiger partial charge is 0.349 e. The van der Waals surface area contributed by atoms with Gasteiger partial charge in [0.15, 0.2) is 0 Å². The van der Waals surface area contributed by atoms with Gasteiger partial charge in [-0.1, -0.05) is 41.9 Å². The van der Waals surface area contributed by atoms with Gasteiger partial charge in [0.05, 0.1) is 11.8 Å². The maximum atomic E-state index is 13.0. The van der Waals surface area contributed by atoms with Gasteiger partial charge in [0.25, 0.3) is 0 Å². The molecule has 0 aromatic heterocycles. The number of carbonyl (C=O) groups excluding carboxylic acids is 1. The highest BCUT2D eigenvalue weighted by Gasteiger charge is 2.31. The lowest BCUT2D eigenvalue weighted by Crippen LogP contribution is -2.43. The molecule has 1 heterocycles. The van der Waals surface area contributed by atoms with Crippen LogP contribution >= 0.6 is 11.6 Å². The van der Waals surface area contributed by atoms with E-state index in [1.807, 2.05) is 6.92 Å². The number of piperidine rings is 1. The Balaban J connectivity index is 1.54. The van der Waals surface area contributed by atoms with Crippen molar-refractivity contribution in [3.63, 3.8) is 0 Å². The maximum absolute atomic E-state index is 13.0. The molecule has 1 aliphatic heterocycles. The Morgan fingerprint density at radius 3 is 2.41 bits per heavy atom. The van der Waals surface area contributed by atoms with Crippen molar-refractivity contribution >= 4 is 27.5 Å². The van der Waals surface area contributed by atoms with E-state index in [9.17, 15) is 17.6 Å². The first kappa shape index (κ1) is 21.7. The number of halogens is 2. The summed E-state index contributed by atoms with van der Waals surface area (Å²) in [5.74, 6) is -0.821. The van der Waals surface area contributed by atoms with Crippen LogP contribution in [0, 0.1) is 11.7 Å². The summed E-state index contributed by atoms with van der Waals surface area (Å²) in [7, 11) is -3.50. The van der Waals surface area contributed by atoms with Crippen LogP contribution in [0.25, 0.3) is 0 Å². The average Bonchev–Trinajstić information content (AvgIpc) is 2.70. The Labute approximate surface area is 175 Å². The zero-order valence-corrected chi connectivity index (χ0v) is 17.7. The van der Waals surface area contributed by atoms with Gasteiger partial charge in [0.1, 0.15) is 5.82 Å². The molecule has 2 aromatic carbocycles. The molecule has 0 saturated carbocycles. The lowest BCUT2D eigenvalue weighted by Gasteiger charge is -2.31. The third-order valence-corrected chi connectivity index (χ3v) is 7.44. The fourth-order valence-electron chi connectivity index (χ4n) is 3.47. The van der Waals surface area contributed by atoms with Crippen LogP contribution in [0.15, 0.2) is 48.5 Å². The molecule has 1 N–H and O–H groups in total. The smallest absolute Gasteiger partial charge is 0.223 e. The number of amides is 1. The molecule has 1 fully saturated rings. The van der Waals surface area contributed by atoms with Gasteiger partial charge in [-0.15, -0.1) is 0 Å². The SMILES string of the molecule is C[C@@H](NC(=O)C1CCN(S(=O)(=O)Cc2ccccc2Cl)CC1)c1ccc(F)cc1. The summed E-state index contributed by atoms with van der Waals surface area (Å²) >= 11 is 6.08. The third-order valence-electron chi connectivity index (χ3n) is 5.24. The number of sulfonamides is 1. The first-order valence-electron chi connectivity index (χ1n) is 9.53. The predicted octanol–water partition coefficient (Wildman–Crippen LogP) is 3.90. The van der Waals surface area contributed by atoms with Gasteiger partial charge < -0.3 is 5.32 Å². The predicted molar refractivity (Wildman–Crippen MR) is 111 cm³/mol. The molecule has 0 unspecified atom stereocenters. The van der Waals surface area contributed by atoms with Crippen molar-refractivity contribution in [1.82, 2.24) is 9.62 Å². The number of carbonyl (C=O) groups is 1. The van der Waals surface area contributed by atoms with E-state index < -0.39 is 10.0 Å². The summed E-state index contributed by atoms with van der Waals surface area (Å²) in [6, 6.07) is 12.7. The Bertz CT molecular complexity index is 958. The third kappa shape index (κ3) is 5.56. The standard InChI is InChI=1S/C21H24ClFN2O3S/c1-15(16-6-8-19(23)9-7-16)24-21(26)17-10-12-25(13-11-17)29(27,28)14-18-4-2-3-5-20(18)22/h2-9,15,17H,10-14H2,1H3,(H,24,26)/t15-/m1/s1. The second kappa shape index (κ2) is 9.24. The molecule has 1 amide bonds. The molecule has 3 rings (SSSR count). The molecule has 5 nitrogen and oxygen atoms in total. The Kier molecular flexibility index (Phi) is 6.93. The van der Waals surface area contributed by atoms with Crippen molar-refractivity contribution in [2.75, 3.05) is 13.1 Å².